The largest absolute Gasteiger partial charge is 0.481 e. The first-order valence-corrected chi connectivity index (χ1v) is 8.04. The number of hydrogen-bond acceptors (Lipinski definition) is 3. The summed E-state index contributed by atoms with van der Waals surface area (Å²) in [5.41, 5.74) is 1.07. The zero-order chi connectivity index (χ0) is 16.7. The number of rotatable bonds is 6. The summed E-state index contributed by atoms with van der Waals surface area (Å²) in [7, 11) is 0. The third-order valence-electron chi connectivity index (χ3n) is 4.11. The van der Waals surface area contributed by atoms with Crippen LogP contribution >= 0.6 is 0 Å². The summed E-state index contributed by atoms with van der Waals surface area (Å²) < 4.78 is 0. The molecule has 0 radical (unpaired) electrons. The molecule has 2 rings (SSSR count). The molecule has 6 nitrogen and oxygen atoms in total. The van der Waals surface area contributed by atoms with Crippen molar-refractivity contribution in [3.63, 3.8) is 0 Å². The lowest BCUT2D eigenvalue weighted by Gasteiger charge is -2.31. The van der Waals surface area contributed by atoms with Crippen LogP contribution in [-0.2, 0) is 11.2 Å². The van der Waals surface area contributed by atoms with Crippen LogP contribution in [-0.4, -0.2) is 52.3 Å². The Labute approximate surface area is 136 Å². The van der Waals surface area contributed by atoms with Gasteiger partial charge in [0.15, 0.2) is 0 Å². The molecule has 23 heavy (non-hydrogen) atoms. The SMILES string of the molecule is O=C(O)CCC(Cc1ccccc1)NC(=O)N1CCC(O)CC1. The minimum atomic E-state index is -0.863. The Balaban J connectivity index is 1.93. The highest BCUT2D eigenvalue weighted by molar-refractivity contribution is 5.75. The van der Waals surface area contributed by atoms with Crippen molar-refractivity contribution in [1.29, 1.82) is 0 Å². The number of urea groups is 1. The van der Waals surface area contributed by atoms with E-state index < -0.39 is 5.97 Å². The maximum absolute atomic E-state index is 12.3. The van der Waals surface area contributed by atoms with Gasteiger partial charge >= 0.3 is 12.0 Å². The van der Waals surface area contributed by atoms with E-state index in [0.29, 0.717) is 38.8 Å². The van der Waals surface area contributed by atoms with Crippen molar-refractivity contribution >= 4 is 12.0 Å². The van der Waals surface area contributed by atoms with Crippen LogP contribution in [0, 0.1) is 0 Å². The molecule has 1 unspecified atom stereocenters. The highest BCUT2D eigenvalue weighted by Gasteiger charge is 2.23. The Morgan fingerprint density at radius 2 is 1.87 bits per heavy atom. The smallest absolute Gasteiger partial charge is 0.317 e. The maximum atomic E-state index is 12.3. The Morgan fingerprint density at radius 1 is 1.22 bits per heavy atom. The number of carbonyl (C=O) groups excluding carboxylic acids is 1. The fraction of sp³-hybridized carbons (Fsp3) is 0.529. The monoisotopic (exact) mass is 320 g/mol. The maximum Gasteiger partial charge on any atom is 0.317 e. The fourth-order valence-electron chi connectivity index (χ4n) is 2.76. The molecular formula is C17H24N2O4. The first-order valence-electron chi connectivity index (χ1n) is 8.04. The van der Waals surface area contributed by atoms with E-state index in [1.54, 1.807) is 4.90 Å². The van der Waals surface area contributed by atoms with E-state index >= 15 is 0 Å². The summed E-state index contributed by atoms with van der Waals surface area (Å²) in [6.45, 7) is 1.06. The number of aliphatic hydroxyl groups is 1. The second-order valence-corrected chi connectivity index (χ2v) is 5.99. The summed E-state index contributed by atoms with van der Waals surface area (Å²) in [5, 5.41) is 21.3. The molecule has 0 aliphatic carbocycles. The molecule has 6 heteroatoms. The number of carboxylic acids is 1. The predicted octanol–water partition coefficient (Wildman–Crippen LogP) is 1.63. The van der Waals surface area contributed by atoms with E-state index in [4.69, 9.17) is 5.11 Å². The van der Waals surface area contributed by atoms with Crippen LogP contribution in [0.2, 0.25) is 0 Å². The lowest BCUT2D eigenvalue weighted by atomic mass is 10.0. The molecule has 0 aromatic heterocycles. The molecule has 1 aliphatic rings. The predicted molar refractivity (Wildman–Crippen MR) is 86.1 cm³/mol. The van der Waals surface area contributed by atoms with E-state index in [9.17, 15) is 14.7 Å². The number of piperidine rings is 1. The van der Waals surface area contributed by atoms with Gasteiger partial charge in [-0.15, -0.1) is 0 Å². The van der Waals surface area contributed by atoms with Crippen LogP contribution in [0.4, 0.5) is 4.79 Å². The highest BCUT2D eigenvalue weighted by atomic mass is 16.4. The topological polar surface area (TPSA) is 89.9 Å². The van der Waals surface area contributed by atoms with E-state index in [1.165, 1.54) is 0 Å². The normalized spacial score (nSPS) is 16.8. The number of amides is 2. The molecule has 1 saturated heterocycles. The molecule has 1 atom stereocenters. The average molecular weight is 320 g/mol. The van der Waals surface area contributed by atoms with Gasteiger partial charge < -0.3 is 20.4 Å². The zero-order valence-corrected chi connectivity index (χ0v) is 13.1. The Bertz CT molecular complexity index is 513. The van der Waals surface area contributed by atoms with Crippen LogP contribution < -0.4 is 5.32 Å². The number of aliphatic carboxylic acids is 1. The van der Waals surface area contributed by atoms with Gasteiger partial charge in [0.1, 0.15) is 0 Å². The number of nitrogens with zero attached hydrogens (tertiary/aromatic N) is 1. The number of likely N-dealkylation sites (tertiary alicyclic amines) is 1. The number of hydrogen-bond donors (Lipinski definition) is 3. The lowest BCUT2D eigenvalue weighted by Crippen LogP contribution is -2.49. The molecule has 1 fully saturated rings. The van der Waals surface area contributed by atoms with Crippen molar-refractivity contribution in [2.24, 2.45) is 0 Å². The van der Waals surface area contributed by atoms with E-state index in [0.717, 1.165) is 5.56 Å². The van der Waals surface area contributed by atoms with E-state index in [2.05, 4.69) is 5.32 Å². The molecule has 1 aliphatic heterocycles. The van der Waals surface area contributed by atoms with Gasteiger partial charge in [0.25, 0.3) is 0 Å². The standard InChI is InChI=1S/C17H24N2O4/c20-15-8-10-19(11-9-15)17(23)18-14(6-7-16(21)22)12-13-4-2-1-3-5-13/h1-5,14-15,20H,6-12H2,(H,18,23)(H,21,22). The molecule has 1 aromatic rings. The summed E-state index contributed by atoms with van der Waals surface area (Å²) in [6, 6.07) is 9.33. The van der Waals surface area contributed by atoms with Gasteiger partial charge in [-0.3, -0.25) is 4.79 Å². The van der Waals surface area contributed by atoms with Gasteiger partial charge in [0.2, 0.25) is 0 Å². The fourth-order valence-corrected chi connectivity index (χ4v) is 2.76. The number of aliphatic hydroxyl groups excluding tert-OH is 1. The van der Waals surface area contributed by atoms with Crippen molar-refractivity contribution in [3.05, 3.63) is 35.9 Å². The Hall–Kier alpha value is -2.08. The van der Waals surface area contributed by atoms with Crippen molar-refractivity contribution < 1.29 is 19.8 Å². The molecule has 0 spiro atoms. The van der Waals surface area contributed by atoms with E-state index in [1.807, 2.05) is 30.3 Å². The van der Waals surface area contributed by atoms with Crippen molar-refractivity contribution in [2.45, 2.75) is 44.2 Å². The Kier molecular flexibility index (Phi) is 6.40. The summed E-state index contributed by atoms with van der Waals surface area (Å²) >= 11 is 0. The highest BCUT2D eigenvalue weighted by Crippen LogP contribution is 2.12. The molecule has 1 aromatic carbocycles. The van der Waals surface area contributed by atoms with E-state index in [-0.39, 0.29) is 24.6 Å². The molecule has 3 N–H and O–H groups in total. The summed E-state index contributed by atoms with van der Waals surface area (Å²) in [5.74, 6) is -0.863. The van der Waals surface area contributed by atoms with Crippen LogP contribution in [0.15, 0.2) is 30.3 Å². The summed E-state index contributed by atoms with van der Waals surface area (Å²) in [4.78, 5) is 24.9. The van der Waals surface area contributed by atoms with Crippen molar-refractivity contribution in [1.82, 2.24) is 10.2 Å². The van der Waals surface area contributed by atoms with Crippen LogP contribution in [0.3, 0.4) is 0 Å². The van der Waals surface area contributed by atoms with Crippen LogP contribution in [0.1, 0.15) is 31.2 Å². The molecule has 0 bridgehead atoms. The van der Waals surface area contributed by atoms with Gasteiger partial charge in [-0.2, -0.15) is 0 Å². The second-order valence-electron chi connectivity index (χ2n) is 5.99. The number of carboxylic acid groups (broad SMARTS) is 1. The molecular weight excluding hydrogens is 296 g/mol. The van der Waals surface area contributed by atoms with Crippen LogP contribution in [0.5, 0.6) is 0 Å². The second kappa shape index (κ2) is 8.53. The average Bonchev–Trinajstić information content (AvgIpc) is 2.54. The molecule has 2 amide bonds. The van der Waals surface area contributed by atoms with Crippen LogP contribution in [0.25, 0.3) is 0 Å². The number of nitrogens with one attached hydrogen (secondary N) is 1. The third-order valence-corrected chi connectivity index (χ3v) is 4.11. The molecule has 1 heterocycles. The van der Waals surface area contributed by atoms with Gasteiger partial charge in [-0.25, -0.2) is 4.79 Å². The van der Waals surface area contributed by atoms with Gasteiger partial charge in [0, 0.05) is 25.6 Å². The Morgan fingerprint density at radius 3 is 2.48 bits per heavy atom. The van der Waals surface area contributed by atoms with Gasteiger partial charge in [-0.05, 0) is 31.2 Å². The van der Waals surface area contributed by atoms with Gasteiger partial charge in [-0.1, -0.05) is 30.3 Å². The number of carbonyl (C=O) groups is 2. The lowest BCUT2D eigenvalue weighted by molar-refractivity contribution is -0.137. The minimum Gasteiger partial charge on any atom is -0.481 e. The molecule has 0 saturated carbocycles. The third kappa shape index (κ3) is 5.90. The number of benzene rings is 1. The zero-order valence-electron chi connectivity index (χ0n) is 13.1. The molecule has 126 valence electrons. The minimum absolute atomic E-state index is 0.0243. The first kappa shape index (κ1) is 17.3. The van der Waals surface area contributed by atoms with Gasteiger partial charge in [0.05, 0.1) is 6.10 Å². The first-order chi connectivity index (χ1) is 11.0. The van der Waals surface area contributed by atoms with Crippen molar-refractivity contribution in [2.75, 3.05) is 13.1 Å². The quantitative estimate of drug-likeness (QED) is 0.743. The summed E-state index contributed by atoms with van der Waals surface area (Å²) in [6.07, 6.45) is 1.88. The van der Waals surface area contributed by atoms with Crippen molar-refractivity contribution in [3.8, 4) is 0 Å².